The number of pyridine rings is 1. The lowest BCUT2D eigenvalue weighted by Crippen LogP contribution is -2.26. The fourth-order valence-corrected chi connectivity index (χ4v) is 4.02. The van der Waals surface area contributed by atoms with Crippen molar-refractivity contribution in [2.45, 2.75) is 11.4 Å². The van der Waals surface area contributed by atoms with Crippen molar-refractivity contribution >= 4 is 21.6 Å². The minimum absolute atomic E-state index is 0.0313. The van der Waals surface area contributed by atoms with Gasteiger partial charge in [-0.2, -0.15) is 0 Å². The highest BCUT2D eigenvalue weighted by Crippen LogP contribution is 2.23. The zero-order valence-electron chi connectivity index (χ0n) is 16.5. The van der Waals surface area contributed by atoms with Gasteiger partial charge in [0.05, 0.1) is 31.7 Å². The Labute approximate surface area is 174 Å². The fraction of sp³-hybridized carbons (Fsp3) is 0.143. The molecule has 0 unspecified atom stereocenters. The van der Waals surface area contributed by atoms with Gasteiger partial charge in [-0.3, -0.25) is 14.5 Å². The largest absolute Gasteiger partial charge is 0.497 e. The number of nitrogens with zero attached hydrogens (tertiary/aromatic N) is 1. The first kappa shape index (κ1) is 21.1. The third-order valence-electron chi connectivity index (χ3n) is 4.20. The lowest BCUT2D eigenvalue weighted by atomic mass is 10.1. The number of nitrogens with one attached hydrogen (secondary N) is 2. The topological polar surface area (TPSA) is 107 Å². The van der Waals surface area contributed by atoms with E-state index in [-0.39, 0.29) is 17.0 Å². The molecule has 3 aromatic rings. The molecule has 0 atom stereocenters. The first-order valence-corrected chi connectivity index (χ1v) is 10.4. The molecule has 0 aliphatic carbocycles. The van der Waals surface area contributed by atoms with E-state index >= 15 is 0 Å². The number of benzene rings is 2. The van der Waals surface area contributed by atoms with Crippen molar-refractivity contribution in [1.82, 2.24) is 10.3 Å². The summed E-state index contributed by atoms with van der Waals surface area (Å²) in [6, 6.07) is 14.4. The summed E-state index contributed by atoms with van der Waals surface area (Å²) in [6.07, 6.45) is 2.92. The van der Waals surface area contributed by atoms with Crippen LogP contribution in [-0.4, -0.2) is 33.5 Å². The molecule has 0 saturated heterocycles. The quantitative estimate of drug-likeness (QED) is 0.573. The summed E-state index contributed by atoms with van der Waals surface area (Å²) in [4.78, 5) is 16.5. The third kappa shape index (κ3) is 5.06. The molecule has 0 saturated carbocycles. The molecule has 9 heteroatoms. The maximum absolute atomic E-state index is 12.8. The van der Waals surface area contributed by atoms with Gasteiger partial charge in [-0.05, 0) is 42.0 Å². The van der Waals surface area contributed by atoms with Crippen molar-refractivity contribution in [2.75, 3.05) is 18.9 Å². The maximum Gasteiger partial charge on any atom is 0.262 e. The Morgan fingerprint density at radius 3 is 2.33 bits per heavy atom. The van der Waals surface area contributed by atoms with Crippen molar-refractivity contribution in [3.05, 3.63) is 78.1 Å². The van der Waals surface area contributed by atoms with Crippen LogP contribution in [0.2, 0.25) is 0 Å². The SMILES string of the molecule is COc1cc(CNC(=O)c2ccccc2S(=O)(=O)Nc2cccnc2)cc(OC)c1. The number of ether oxygens (including phenoxy) is 2. The molecule has 0 fully saturated rings. The third-order valence-corrected chi connectivity index (χ3v) is 5.64. The number of sulfonamides is 1. The highest BCUT2D eigenvalue weighted by molar-refractivity contribution is 7.92. The van der Waals surface area contributed by atoms with Crippen LogP contribution >= 0.6 is 0 Å². The minimum atomic E-state index is -3.98. The molecule has 2 aromatic carbocycles. The average molecular weight is 427 g/mol. The Morgan fingerprint density at radius 2 is 1.70 bits per heavy atom. The summed E-state index contributed by atoms with van der Waals surface area (Å²) in [6.45, 7) is 0.164. The van der Waals surface area contributed by atoms with E-state index in [1.54, 1.807) is 42.5 Å². The van der Waals surface area contributed by atoms with Gasteiger partial charge in [-0.25, -0.2) is 8.42 Å². The first-order valence-electron chi connectivity index (χ1n) is 8.95. The minimum Gasteiger partial charge on any atom is -0.497 e. The Bertz CT molecular complexity index is 1110. The summed E-state index contributed by atoms with van der Waals surface area (Å²) in [7, 11) is -0.914. The van der Waals surface area contributed by atoms with Gasteiger partial charge in [0.25, 0.3) is 15.9 Å². The molecule has 0 radical (unpaired) electrons. The van der Waals surface area contributed by atoms with E-state index in [9.17, 15) is 13.2 Å². The second-order valence-corrected chi connectivity index (χ2v) is 7.90. The normalized spacial score (nSPS) is 10.9. The molecule has 30 heavy (non-hydrogen) atoms. The van der Waals surface area contributed by atoms with E-state index in [2.05, 4.69) is 15.0 Å². The number of hydrogen-bond acceptors (Lipinski definition) is 6. The van der Waals surface area contributed by atoms with Crippen LogP contribution in [0.1, 0.15) is 15.9 Å². The van der Waals surface area contributed by atoms with E-state index in [4.69, 9.17) is 9.47 Å². The Kier molecular flexibility index (Phi) is 6.53. The highest BCUT2D eigenvalue weighted by atomic mass is 32.2. The monoisotopic (exact) mass is 427 g/mol. The van der Waals surface area contributed by atoms with E-state index in [1.807, 2.05) is 0 Å². The molecule has 156 valence electrons. The van der Waals surface area contributed by atoms with Crippen molar-refractivity contribution in [3.63, 3.8) is 0 Å². The van der Waals surface area contributed by atoms with E-state index in [0.717, 1.165) is 5.56 Å². The summed E-state index contributed by atoms with van der Waals surface area (Å²) < 4.78 is 38.5. The van der Waals surface area contributed by atoms with Crippen molar-refractivity contribution in [3.8, 4) is 11.5 Å². The molecule has 1 heterocycles. The molecular weight excluding hydrogens is 406 g/mol. The molecule has 1 aromatic heterocycles. The van der Waals surface area contributed by atoms with Crippen molar-refractivity contribution in [1.29, 1.82) is 0 Å². The number of aromatic nitrogens is 1. The van der Waals surface area contributed by atoms with Crippen LogP contribution in [0.25, 0.3) is 0 Å². The van der Waals surface area contributed by atoms with Gasteiger partial charge in [0.15, 0.2) is 0 Å². The molecule has 8 nitrogen and oxygen atoms in total. The Hall–Kier alpha value is -3.59. The molecule has 0 aliphatic heterocycles. The van der Waals surface area contributed by atoms with Crippen LogP contribution in [-0.2, 0) is 16.6 Å². The van der Waals surface area contributed by atoms with E-state index in [0.29, 0.717) is 17.2 Å². The summed E-state index contributed by atoms with van der Waals surface area (Å²) >= 11 is 0. The first-order chi connectivity index (χ1) is 14.4. The number of carbonyl (C=O) groups is 1. The van der Waals surface area contributed by atoms with Gasteiger partial charge in [-0.15, -0.1) is 0 Å². The van der Waals surface area contributed by atoms with Gasteiger partial charge >= 0.3 is 0 Å². The predicted molar refractivity (Wildman–Crippen MR) is 112 cm³/mol. The van der Waals surface area contributed by atoms with Crippen molar-refractivity contribution in [2.24, 2.45) is 0 Å². The fourth-order valence-electron chi connectivity index (χ4n) is 2.77. The summed E-state index contributed by atoms with van der Waals surface area (Å²) in [5, 5.41) is 2.74. The molecule has 0 bridgehead atoms. The number of hydrogen-bond donors (Lipinski definition) is 2. The summed E-state index contributed by atoms with van der Waals surface area (Å²) in [5.74, 6) is 0.647. The zero-order chi connectivity index (χ0) is 21.6. The number of anilines is 1. The number of amides is 1. The van der Waals surface area contributed by atoms with Crippen LogP contribution in [0.3, 0.4) is 0 Å². The zero-order valence-corrected chi connectivity index (χ0v) is 17.3. The molecule has 2 N–H and O–H groups in total. The van der Waals surface area contributed by atoms with Gasteiger partial charge in [0.2, 0.25) is 0 Å². The van der Waals surface area contributed by atoms with Crippen molar-refractivity contribution < 1.29 is 22.7 Å². The average Bonchev–Trinajstić information content (AvgIpc) is 2.77. The van der Waals surface area contributed by atoms with E-state index in [1.165, 1.54) is 38.7 Å². The number of carbonyl (C=O) groups excluding carboxylic acids is 1. The van der Waals surface area contributed by atoms with Crippen LogP contribution in [0.4, 0.5) is 5.69 Å². The second kappa shape index (κ2) is 9.27. The predicted octanol–water partition coefficient (Wildman–Crippen LogP) is 2.83. The second-order valence-electron chi connectivity index (χ2n) is 6.25. The highest BCUT2D eigenvalue weighted by Gasteiger charge is 2.22. The van der Waals surface area contributed by atoms with E-state index < -0.39 is 15.9 Å². The van der Waals surface area contributed by atoms with Crippen LogP contribution in [0.15, 0.2) is 71.9 Å². The number of rotatable bonds is 8. The lowest BCUT2D eigenvalue weighted by Gasteiger charge is -2.13. The number of methoxy groups -OCH3 is 2. The van der Waals surface area contributed by atoms with Crippen LogP contribution in [0, 0.1) is 0 Å². The van der Waals surface area contributed by atoms with Gasteiger partial charge in [-0.1, -0.05) is 12.1 Å². The molecule has 3 rings (SSSR count). The van der Waals surface area contributed by atoms with Gasteiger partial charge in [0.1, 0.15) is 16.4 Å². The summed E-state index contributed by atoms with van der Waals surface area (Å²) in [5.41, 5.74) is 1.08. The van der Waals surface area contributed by atoms with Gasteiger partial charge < -0.3 is 14.8 Å². The maximum atomic E-state index is 12.8. The van der Waals surface area contributed by atoms with Gasteiger partial charge in [0, 0.05) is 18.8 Å². The Balaban J connectivity index is 1.81. The molecular formula is C21H21N3O5S. The Morgan fingerprint density at radius 1 is 1.00 bits per heavy atom. The van der Waals surface area contributed by atoms with Crippen LogP contribution in [0.5, 0.6) is 11.5 Å². The molecule has 1 amide bonds. The lowest BCUT2D eigenvalue weighted by molar-refractivity contribution is 0.0947. The van der Waals surface area contributed by atoms with Crippen LogP contribution < -0.4 is 19.5 Å². The standard InChI is InChI=1S/C21H21N3O5S/c1-28-17-10-15(11-18(12-17)29-2)13-23-21(25)19-7-3-4-8-20(19)30(26,27)24-16-6-5-9-22-14-16/h3-12,14,24H,13H2,1-2H3,(H,23,25). The molecule has 0 aliphatic rings. The smallest absolute Gasteiger partial charge is 0.262 e. The molecule has 0 spiro atoms.